The maximum absolute atomic E-state index is 11.4. The number of thioether (sulfide) groups is 1. The van der Waals surface area contributed by atoms with Gasteiger partial charge in [0.25, 0.3) is 0 Å². The summed E-state index contributed by atoms with van der Waals surface area (Å²) in [5.41, 5.74) is 1.69. The van der Waals surface area contributed by atoms with E-state index in [4.69, 9.17) is 10.2 Å². The van der Waals surface area contributed by atoms with Crippen molar-refractivity contribution in [2.24, 2.45) is 0 Å². The van der Waals surface area contributed by atoms with Crippen molar-refractivity contribution in [3.8, 4) is 0 Å². The van der Waals surface area contributed by atoms with Crippen LogP contribution in [0.25, 0.3) is 0 Å². The molecule has 0 aliphatic rings. The quantitative estimate of drug-likeness (QED) is 0.675. The second-order valence-electron chi connectivity index (χ2n) is 3.64. The number of benzene rings is 1. The molecular weight excluding hydrogens is 254 g/mol. The largest absolute Gasteiger partial charge is 0.481 e. The summed E-state index contributed by atoms with van der Waals surface area (Å²) in [5, 5.41) is 20.1. The molecule has 98 valence electrons. The molecule has 1 amide bonds. The number of aliphatic hydroxyl groups is 1. The molecular formula is C12H15NO4S. The molecule has 0 heterocycles. The fourth-order valence-corrected chi connectivity index (χ4v) is 1.88. The third kappa shape index (κ3) is 5.70. The van der Waals surface area contributed by atoms with Crippen LogP contribution < -0.4 is 5.32 Å². The van der Waals surface area contributed by atoms with Crippen molar-refractivity contribution in [1.29, 1.82) is 0 Å². The van der Waals surface area contributed by atoms with Gasteiger partial charge in [0.05, 0.1) is 18.1 Å². The van der Waals surface area contributed by atoms with Gasteiger partial charge in [0, 0.05) is 6.54 Å². The van der Waals surface area contributed by atoms with Crippen LogP contribution in [-0.4, -0.2) is 33.6 Å². The number of aliphatic carboxylic acids is 1. The first kappa shape index (κ1) is 14.5. The molecule has 1 rings (SSSR count). The van der Waals surface area contributed by atoms with E-state index in [0.29, 0.717) is 6.54 Å². The van der Waals surface area contributed by atoms with Crippen LogP contribution in [0.2, 0.25) is 0 Å². The second kappa shape index (κ2) is 7.73. The Morgan fingerprint density at radius 2 is 1.94 bits per heavy atom. The zero-order chi connectivity index (χ0) is 13.4. The summed E-state index contributed by atoms with van der Waals surface area (Å²) in [5.74, 6) is -1.07. The zero-order valence-electron chi connectivity index (χ0n) is 9.76. The predicted octanol–water partition coefficient (Wildman–Crippen LogP) is 0.613. The van der Waals surface area contributed by atoms with Crippen LogP contribution in [0.3, 0.4) is 0 Å². The van der Waals surface area contributed by atoms with Gasteiger partial charge in [-0.25, -0.2) is 0 Å². The van der Waals surface area contributed by atoms with Crippen molar-refractivity contribution in [2.45, 2.75) is 13.2 Å². The molecule has 5 nitrogen and oxygen atoms in total. The summed E-state index contributed by atoms with van der Waals surface area (Å²) in [6.45, 7) is 0.344. The summed E-state index contributed by atoms with van der Waals surface area (Å²) >= 11 is 1.06. The number of hydrogen-bond donors (Lipinski definition) is 3. The first-order chi connectivity index (χ1) is 8.61. The van der Waals surface area contributed by atoms with Crippen LogP contribution in [0.4, 0.5) is 0 Å². The number of hydrogen-bond acceptors (Lipinski definition) is 4. The van der Waals surface area contributed by atoms with Gasteiger partial charge in [0.2, 0.25) is 5.91 Å². The minimum absolute atomic E-state index is 0.0315. The molecule has 0 fully saturated rings. The van der Waals surface area contributed by atoms with Crippen LogP contribution in [-0.2, 0) is 22.7 Å². The fraction of sp³-hybridized carbons (Fsp3) is 0.333. The van der Waals surface area contributed by atoms with Gasteiger partial charge in [0.15, 0.2) is 0 Å². The topological polar surface area (TPSA) is 86.6 Å². The Labute approximate surface area is 109 Å². The number of rotatable bonds is 7. The van der Waals surface area contributed by atoms with Gasteiger partial charge in [-0.2, -0.15) is 0 Å². The third-order valence-corrected chi connectivity index (χ3v) is 3.04. The molecule has 6 heteroatoms. The lowest BCUT2D eigenvalue weighted by atomic mass is 10.1. The third-order valence-electron chi connectivity index (χ3n) is 2.12. The van der Waals surface area contributed by atoms with Crippen molar-refractivity contribution in [1.82, 2.24) is 5.32 Å². The van der Waals surface area contributed by atoms with Gasteiger partial charge in [-0.15, -0.1) is 11.8 Å². The number of aliphatic hydroxyl groups excluding tert-OH is 1. The highest BCUT2D eigenvalue weighted by Crippen LogP contribution is 2.05. The number of amides is 1. The molecule has 0 aliphatic heterocycles. The molecule has 0 bridgehead atoms. The van der Waals surface area contributed by atoms with Crippen LogP contribution in [0.5, 0.6) is 0 Å². The molecule has 18 heavy (non-hydrogen) atoms. The molecule has 0 aliphatic carbocycles. The summed E-state index contributed by atoms with van der Waals surface area (Å²) in [6, 6.07) is 7.27. The van der Waals surface area contributed by atoms with Crippen LogP contribution in [0, 0.1) is 0 Å². The average molecular weight is 269 g/mol. The summed E-state index contributed by atoms with van der Waals surface area (Å²) in [7, 11) is 0. The monoisotopic (exact) mass is 269 g/mol. The van der Waals surface area contributed by atoms with E-state index in [9.17, 15) is 9.59 Å². The highest BCUT2D eigenvalue weighted by atomic mass is 32.2. The molecule has 1 aromatic carbocycles. The Bertz CT molecular complexity index is 422. The molecule has 0 aromatic heterocycles. The predicted molar refractivity (Wildman–Crippen MR) is 69.2 cm³/mol. The van der Waals surface area contributed by atoms with Crippen molar-refractivity contribution in [3.63, 3.8) is 0 Å². The number of carbonyl (C=O) groups excluding carboxylic acids is 1. The Hall–Kier alpha value is -1.53. The van der Waals surface area contributed by atoms with E-state index in [-0.39, 0.29) is 24.0 Å². The summed E-state index contributed by atoms with van der Waals surface area (Å²) in [6.07, 6.45) is 0. The molecule has 0 saturated heterocycles. The van der Waals surface area contributed by atoms with E-state index in [1.165, 1.54) is 0 Å². The number of carbonyl (C=O) groups is 2. The number of carboxylic acids is 1. The lowest BCUT2D eigenvalue weighted by molar-refractivity contribution is -0.133. The van der Waals surface area contributed by atoms with Crippen molar-refractivity contribution < 1.29 is 19.8 Å². The lowest BCUT2D eigenvalue weighted by Gasteiger charge is -2.06. The fourth-order valence-electron chi connectivity index (χ4n) is 1.32. The zero-order valence-corrected chi connectivity index (χ0v) is 10.6. The second-order valence-corrected chi connectivity index (χ2v) is 4.63. The Morgan fingerprint density at radius 3 is 2.61 bits per heavy atom. The van der Waals surface area contributed by atoms with Crippen molar-refractivity contribution >= 4 is 23.6 Å². The van der Waals surface area contributed by atoms with E-state index in [0.717, 1.165) is 22.9 Å². The number of nitrogens with one attached hydrogen (secondary N) is 1. The van der Waals surface area contributed by atoms with E-state index in [2.05, 4.69) is 5.32 Å². The maximum atomic E-state index is 11.4. The summed E-state index contributed by atoms with van der Waals surface area (Å²) in [4.78, 5) is 21.6. The van der Waals surface area contributed by atoms with Gasteiger partial charge < -0.3 is 15.5 Å². The van der Waals surface area contributed by atoms with Gasteiger partial charge in [0.1, 0.15) is 0 Å². The highest BCUT2D eigenvalue weighted by Gasteiger charge is 2.04. The lowest BCUT2D eigenvalue weighted by Crippen LogP contribution is -2.25. The van der Waals surface area contributed by atoms with Gasteiger partial charge in [-0.05, 0) is 11.1 Å². The van der Waals surface area contributed by atoms with Crippen molar-refractivity contribution in [3.05, 3.63) is 35.4 Å². The molecule has 0 saturated carbocycles. The number of carboxylic acid groups (broad SMARTS) is 1. The molecule has 0 unspecified atom stereocenters. The van der Waals surface area contributed by atoms with E-state index >= 15 is 0 Å². The van der Waals surface area contributed by atoms with Gasteiger partial charge in [-0.3, -0.25) is 9.59 Å². The average Bonchev–Trinajstić information content (AvgIpc) is 2.36. The standard InChI is InChI=1S/C12H15NO4S/c14-6-10-3-1-2-9(4-10)5-13-11(15)7-18-8-12(16)17/h1-4,14H,5-8H2,(H,13,15)(H,16,17). The molecule has 1 aromatic rings. The van der Waals surface area contributed by atoms with Gasteiger partial charge >= 0.3 is 5.97 Å². The molecule has 3 N–H and O–H groups in total. The Morgan fingerprint density at radius 1 is 1.22 bits per heavy atom. The van der Waals surface area contributed by atoms with Crippen LogP contribution in [0.15, 0.2) is 24.3 Å². The highest BCUT2D eigenvalue weighted by molar-refractivity contribution is 8.00. The van der Waals surface area contributed by atoms with Crippen LogP contribution >= 0.6 is 11.8 Å². The first-order valence-electron chi connectivity index (χ1n) is 5.36. The van der Waals surface area contributed by atoms with E-state index in [1.807, 2.05) is 18.2 Å². The van der Waals surface area contributed by atoms with Gasteiger partial charge in [-0.1, -0.05) is 24.3 Å². The molecule has 0 spiro atoms. The van der Waals surface area contributed by atoms with Crippen LogP contribution in [0.1, 0.15) is 11.1 Å². The SMILES string of the molecule is O=C(O)CSCC(=O)NCc1cccc(CO)c1. The summed E-state index contributed by atoms with van der Waals surface area (Å²) < 4.78 is 0. The van der Waals surface area contributed by atoms with Crippen molar-refractivity contribution in [2.75, 3.05) is 11.5 Å². The minimum Gasteiger partial charge on any atom is -0.481 e. The first-order valence-corrected chi connectivity index (χ1v) is 6.52. The minimum atomic E-state index is -0.927. The van der Waals surface area contributed by atoms with E-state index in [1.54, 1.807) is 6.07 Å². The molecule has 0 radical (unpaired) electrons. The Kier molecular flexibility index (Phi) is 6.24. The maximum Gasteiger partial charge on any atom is 0.313 e. The normalized spacial score (nSPS) is 10.1. The molecule has 0 atom stereocenters. The van der Waals surface area contributed by atoms with E-state index < -0.39 is 5.97 Å². The Balaban J connectivity index is 2.31. The smallest absolute Gasteiger partial charge is 0.313 e.